The van der Waals surface area contributed by atoms with Crippen LogP contribution in [0.25, 0.3) is 6.08 Å². The zero-order valence-electron chi connectivity index (χ0n) is 20.1. The van der Waals surface area contributed by atoms with Gasteiger partial charge in [0.2, 0.25) is 11.8 Å². The molecule has 0 bridgehead atoms. The second-order valence-corrected chi connectivity index (χ2v) is 8.79. The molecule has 1 fully saturated rings. The predicted octanol–water partition coefficient (Wildman–Crippen LogP) is 3.23. The van der Waals surface area contributed by atoms with E-state index < -0.39 is 0 Å². The van der Waals surface area contributed by atoms with E-state index in [1.54, 1.807) is 16.8 Å². The summed E-state index contributed by atoms with van der Waals surface area (Å²) in [5, 5.41) is 5.07. The lowest BCUT2D eigenvalue weighted by molar-refractivity contribution is -0.133. The minimum Gasteiger partial charge on any atom is -0.342 e. The molecule has 2 aromatic rings. The Bertz CT molecular complexity index is 987. The number of likely N-dealkylation sites (N-methyl/N-ethyl adjacent to an activating group) is 1. The molecule has 0 aliphatic carbocycles. The molecule has 0 radical (unpaired) electrons. The molecule has 33 heavy (non-hydrogen) atoms. The standard InChI is InChI=1S/C25H34ClN5O2/c1-5-29(6-2)24(33)18-28-13-15-30(16-14-28)23(32)12-11-22-20(4)27-31(25(22)26)17-21-9-7-19(3)8-10-21/h7-12H,5-6,13-18H2,1-4H3/b12-11+. The summed E-state index contributed by atoms with van der Waals surface area (Å²) in [4.78, 5) is 30.8. The van der Waals surface area contributed by atoms with Crippen LogP contribution in [0.4, 0.5) is 0 Å². The normalized spacial score (nSPS) is 14.8. The van der Waals surface area contributed by atoms with Crippen molar-refractivity contribution >= 4 is 29.5 Å². The lowest BCUT2D eigenvalue weighted by atomic mass is 10.1. The topological polar surface area (TPSA) is 61.7 Å². The molecule has 1 aliphatic heterocycles. The smallest absolute Gasteiger partial charge is 0.246 e. The molecule has 3 rings (SSSR count). The number of hydrogen-bond donors (Lipinski definition) is 0. The van der Waals surface area contributed by atoms with Crippen LogP contribution < -0.4 is 0 Å². The first-order valence-electron chi connectivity index (χ1n) is 11.6. The van der Waals surface area contributed by atoms with E-state index in [9.17, 15) is 9.59 Å². The van der Waals surface area contributed by atoms with Gasteiger partial charge in [-0.15, -0.1) is 0 Å². The van der Waals surface area contributed by atoms with Crippen LogP contribution in [-0.2, 0) is 16.1 Å². The van der Waals surface area contributed by atoms with Crippen LogP contribution in [-0.4, -0.2) is 82.1 Å². The lowest BCUT2D eigenvalue weighted by Gasteiger charge is -2.34. The fourth-order valence-corrected chi connectivity index (χ4v) is 4.28. The Morgan fingerprint density at radius 2 is 1.70 bits per heavy atom. The van der Waals surface area contributed by atoms with E-state index in [0.29, 0.717) is 44.4 Å². The molecule has 0 atom stereocenters. The highest BCUT2D eigenvalue weighted by Gasteiger charge is 2.23. The Labute approximate surface area is 201 Å². The third kappa shape index (κ3) is 6.45. The Kier molecular flexibility index (Phi) is 8.69. The van der Waals surface area contributed by atoms with Crippen molar-refractivity contribution in [3.05, 3.63) is 57.9 Å². The molecule has 1 aliphatic rings. The van der Waals surface area contributed by atoms with Crippen LogP contribution in [0.2, 0.25) is 5.15 Å². The lowest BCUT2D eigenvalue weighted by Crippen LogP contribution is -2.51. The molecule has 2 amide bonds. The zero-order valence-corrected chi connectivity index (χ0v) is 20.8. The minimum absolute atomic E-state index is 0.0496. The average Bonchev–Trinajstić information content (AvgIpc) is 3.07. The van der Waals surface area contributed by atoms with Crippen LogP contribution in [0.1, 0.15) is 36.2 Å². The van der Waals surface area contributed by atoms with Crippen LogP contribution in [0.3, 0.4) is 0 Å². The van der Waals surface area contributed by atoms with E-state index in [1.165, 1.54) is 5.56 Å². The fraction of sp³-hybridized carbons (Fsp3) is 0.480. The summed E-state index contributed by atoms with van der Waals surface area (Å²) >= 11 is 6.58. The SMILES string of the molecule is CCN(CC)C(=O)CN1CCN(C(=O)/C=C/c2c(C)nn(Cc3ccc(C)cc3)c2Cl)CC1. The Morgan fingerprint density at radius 1 is 1.06 bits per heavy atom. The highest BCUT2D eigenvalue weighted by molar-refractivity contribution is 6.31. The molecule has 0 spiro atoms. The number of rotatable bonds is 8. The number of amides is 2. The van der Waals surface area contributed by atoms with Crippen LogP contribution in [0, 0.1) is 13.8 Å². The van der Waals surface area contributed by atoms with E-state index >= 15 is 0 Å². The van der Waals surface area contributed by atoms with Crippen molar-refractivity contribution in [2.75, 3.05) is 45.8 Å². The molecule has 1 saturated heterocycles. The largest absolute Gasteiger partial charge is 0.342 e. The molecule has 2 heterocycles. The second-order valence-electron chi connectivity index (χ2n) is 8.43. The third-order valence-corrected chi connectivity index (χ3v) is 6.51. The molecule has 1 aromatic carbocycles. The van der Waals surface area contributed by atoms with Gasteiger partial charge in [-0.2, -0.15) is 5.10 Å². The minimum atomic E-state index is -0.0496. The summed E-state index contributed by atoms with van der Waals surface area (Å²) in [5.74, 6) is 0.0962. The molecular weight excluding hydrogens is 438 g/mol. The molecule has 1 aromatic heterocycles. The summed E-state index contributed by atoms with van der Waals surface area (Å²) in [5.41, 5.74) is 3.88. The molecule has 0 saturated carbocycles. The Morgan fingerprint density at radius 3 is 2.30 bits per heavy atom. The summed E-state index contributed by atoms with van der Waals surface area (Å²) in [6.07, 6.45) is 3.33. The molecule has 0 N–H and O–H groups in total. The number of benzene rings is 1. The Balaban J connectivity index is 1.56. The van der Waals surface area contributed by atoms with Crippen molar-refractivity contribution in [2.24, 2.45) is 0 Å². The van der Waals surface area contributed by atoms with Gasteiger partial charge in [0.25, 0.3) is 0 Å². The van der Waals surface area contributed by atoms with Crippen LogP contribution in [0.5, 0.6) is 0 Å². The number of carbonyl (C=O) groups excluding carboxylic acids is 2. The van der Waals surface area contributed by atoms with Crippen molar-refractivity contribution in [3.8, 4) is 0 Å². The number of halogens is 1. The third-order valence-electron chi connectivity index (χ3n) is 6.11. The zero-order chi connectivity index (χ0) is 24.0. The fourth-order valence-electron chi connectivity index (χ4n) is 3.98. The van der Waals surface area contributed by atoms with E-state index in [2.05, 4.69) is 41.2 Å². The summed E-state index contributed by atoms with van der Waals surface area (Å²) in [7, 11) is 0. The first-order valence-corrected chi connectivity index (χ1v) is 12.0. The van der Waals surface area contributed by atoms with Gasteiger partial charge in [-0.3, -0.25) is 14.5 Å². The monoisotopic (exact) mass is 471 g/mol. The number of nitrogens with zero attached hydrogens (tertiary/aromatic N) is 5. The second kappa shape index (κ2) is 11.5. The first kappa shape index (κ1) is 25.0. The van der Waals surface area contributed by atoms with Crippen LogP contribution >= 0.6 is 11.6 Å². The first-order chi connectivity index (χ1) is 15.8. The maximum atomic E-state index is 12.7. The quantitative estimate of drug-likeness (QED) is 0.554. The maximum Gasteiger partial charge on any atom is 0.246 e. The van der Waals surface area contributed by atoms with Gasteiger partial charge in [0, 0.05) is 50.9 Å². The van der Waals surface area contributed by atoms with E-state index in [1.807, 2.05) is 30.6 Å². The molecular formula is C25H34ClN5O2. The highest BCUT2D eigenvalue weighted by atomic mass is 35.5. The van der Waals surface area contributed by atoms with Crippen molar-refractivity contribution in [3.63, 3.8) is 0 Å². The number of hydrogen-bond acceptors (Lipinski definition) is 4. The van der Waals surface area contributed by atoms with Gasteiger partial charge in [-0.1, -0.05) is 41.4 Å². The van der Waals surface area contributed by atoms with Gasteiger partial charge in [0.1, 0.15) is 5.15 Å². The molecule has 7 nitrogen and oxygen atoms in total. The van der Waals surface area contributed by atoms with Crippen molar-refractivity contribution in [2.45, 2.75) is 34.2 Å². The molecule has 0 unspecified atom stereocenters. The predicted molar refractivity (Wildman–Crippen MR) is 132 cm³/mol. The van der Waals surface area contributed by atoms with Gasteiger partial charge in [0.15, 0.2) is 0 Å². The van der Waals surface area contributed by atoms with Crippen molar-refractivity contribution in [1.29, 1.82) is 0 Å². The number of carbonyl (C=O) groups is 2. The number of aromatic nitrogens is 2. The van der Waals surface area contributed by atoms with E-state index in [-0.39, 0.29) is 11.8 Å². The molecule has 8 heteroatoms. The Hall–Kier alpha value is -2.64. The van der Waals surface area contributed by atoms with Crippen LogP contribution in [0.15, 0.2) is 30.3 Å². The maximum absolute atomic E-state index is 12.7. The van der Waals surface area contributed by atoms with Gasteiger partial charge >= 0.3 is 0 Å². The van der Waals surface area contributed by atoms with Gasteiger partial charge in [-0.25, -0.2) is 4.68 Å². The highest BCUT2D eigenvalue weighted by Crippen LogP contribution is 2.22. The van der Waals surface area contributed by atoms with Crippen molar-refractivity contribution < 1.29 is 9.59 Å². The van der Waals surface area contributed by atoms with Crippen molar-refractivity contribution in [1.82, 2.24) is 24.5 Å². The van der Waals surface area contributed by atoms with Gasteiger partial charge in [-0.05, 0) is 39.3 Å². The average molecular weight is 472 g/mol. The van der Waals surface area contributed by atoms with E-state index in [4.69, 9.17) is 11.6 Å². The summed E-state index contributed by atoms with van der Waals surface area (Å²) in [6, 6.07) is 8.27. The summed E-state index contributed by atoms with van der Waals surface area (Å²) < 4.78 is 1.76. The summed E-state index contributed by atoms with van der Waals surface area (Å²) in [6.45, 7) is 13.0. The molecule has 178 valence electrons. The van der Waals surface area contributed by atoms with E-state index in [0.717, 1.165) is 29.9 Å². The number of piperazine rings is 1. The van der Waals surface area contributed by atoms with Gasteiger partial charge in [0.05, 0.1) is 18.8 Å². The number of aryl methyl sites for hydroxylation is 2. The van der Waals surface area contributed by atoms with Gasteiger partial charge < -0.3 is 9.80 Å².